The highest BCUT2D eigenvalue weighted by molar-refractivity contribution is 7.11. The lowest BCUT2D eigenvalue weighted by atomic mass is 9.79. The molecule has 6 N–H and O–H groups in total. The van der Waals surface area contributed by atoms with Crippen LogP contribution in [-0.4, -0.2) is 33.4 Å². The lowest BCUT2D eigenvalue weighted by Crippen LogP contribution is -3.06. The van der Waals surface area contributed by atoms with Crippen LogP contribution in [0.15, 0.2) is 54.3 Å². The van der Waals surface area contributed by atoms with E-state index in [-0.39, 0.29) is 10.5 Å². The molecule has 1 aromatic heterocycles. The maximum absolute atomic E-state index is 11.3. The summed E-state index contributed by atoms with van der Waals surface area (Å²) in [5, 5.41) is 28.8. The molecule has 0 aliphatic carbocycles. The Morgan fingerprint density at radius 3 is 2.72 bits per heavy atom. The highest BCUT2D eigenvalue weighted by Gasteiger charge is 2.20. The molecule has 1 atom stereocenters. The number of nitrogens with two attached hydrogens (primary N) is 1. The van der Waals surface area contributed by atoms with Gasteiger partial charge >= 0.3 is 13.2 Å². The average Bonchev–Trinajstić information content (AvgIpc) is 3.20. The van der Waals surface area contributed by atoms with Crippen molar-refractivity contribution in [2.75, 3.05) is 0 Å². The molecule has 1 aliphatic rings. The Kier molecular flexibility index (Phi) is 4.95. The molecule has 11 heteroatoms. The number of thiazole rings is 1. The number of aromatic nitrogens is 1. The fourth-order valence-electron chi connectivity index (χ4n) is 2.92. The molecule has 2 heterocycles. The molecule has 1 unspecified atom stereocenters. The van der Waals surface area contributed by atoms with E-state index in [0.29, 0.717) is 38.9 Å². The summed E-state index contributed by atoms with van der Waals surface area (Å²) < 4.78 is 5.89. The van der Waals surface area contributed by atoms with Crippen molar-refractivity contribution in [3.8, 4) is 21.9 Å². The number of fused-ring (bicyclic) bond motifs is 1. The summed E-state index contributed by atoms with van der Waals surface area (Å²) in [6.45, 7) is 0. The molecule has 4 rings (SSSR count). The van der Waals surface area contributed by atoms with Crippen LogP contribution in [0, 0.1) is 0 Å². The Morgan fingerprint density at radius 1 is 1.21 bits per heavy atom. The first-order valence-corrected chi connectivity index (χ1v) is 9.30. The van der Waals surface area contributed by atoms with Gasteiger partial charge < -0.3 is 31.1 Å². The number of rotatable bonds is 4. The summed E-state index contributed by atoms with van der Waals surface area (Å²) in [4.78, 5) is 15.3. The molecule has 0 radical (unpaired) electrons. The number of nitrogens with one attached hydrogen (secondary N) is 1. The van der Waals surface area contributed by atoms with Crippen molar-refractivity contribution in [2.45, 2.75) is 0 Å². The summed E-state index contributed by atoms with van der Waals surface area (Å²) in [5.74, 6) is 0.473. The Hall–Kier alpha value is -3.38. The van der Waals surface area contributed by atoms with Crippen molar-refractivity contribution < 1.29 is 29.7 Å². The van der Waals surface area contributed by atoms with Gasteiger partial charge in [-0.05, 0) is 22.7 Å². The van der Waals surface area contributed by atoms with Gasteiger partial charge in [-0.1, -0.05) is 47.4 Å². The summed E-state index contributed by atoms with van der Waals surface area (Å²) in [6.07, 6.45) is 1.71. The molecule has 0 bridgehead atoms. The monoisotopic (exact) mass is 410 g/mol. The third kappa shape index (κ3) is 3.80. The van der Waals surface area contributed by atoms with E-state index in [2.05, 4.69) is 10.4 Å². The smallest absolute Gasteiger partial charge is 0.472 e. The molecular weight excluding hydrogens is 395 g/mol. The zero-order valence-electron chi connectivity index (χ0n) is 14.8. The second-order valence-corrected chi connectivity index (χ2v) is 7.03. The Morgan fingerprint density at radius 2 is 2.03 bits per heavy atom. The van der Waals surface area contributed by atoms with Crippen LogP contribution in [0.5, 0.6) is 10.8 Å². The van der Waals surface area contributed by atoms with Gasteiger partial charge in [-0.25, -0.2) is 9.99 Å². The van der Waals surface area contributed by atoms with Crippen LogP contribution in [0.3, 0.4) is 0 Å². The maximum atomic E-state index is 11.3. The Bertz CT molecular complexity index is 1100. The fraction of sp³-hybridized carbons (Fsp3) is 0. The second kappa shape index (κ2) is 7.56. The van der Waals surface area contributed by atoms with Crippen LogP contribution in [-0.2, 0) is 0 Å². The lowest BCUT2D eigenvalue weighted by molar-refractivity contribution is -0.719. The van der Waals surface area contributed by atoms with Crippen LogP contribution in [0.2, 0.25) is 0 Å². The zero-order chi connectivity index (χ0) is 20.5. The van der Waals surface area contributed by atoms with Gasteiger partial charge in [-0.2, -0.15) is 4.79 Å². The number of hydrogen-bond acceptors (Lipinski definition) is 7. The average molecular weight is 410 g/mol. The topological polar surface area (TPSA) is 144 Å². The SMILES string of the molecule is NC1=C[NH+](C(=O)O)[N-]c2cc(-c3cc(B(O)O)ccc3Oc3cncs3)ccc21. The maximum Gasteiger partial charge on any atom is 0.511 e. The van der Waals surface area contributed by atoms with E-state index >= 15 is 0 Å². The number of benzene rings is 2. The molecule has 9 nitrogen and oxygen atoms in total. The van der Waals surface area contributed by atoms with Crippen LogP contribution in [0.1, 0.15) is 5.56 Å². The Labute approximate surface area is 169 Å². The van der Waals surface area contributed by atoms with Crippen LogP contribution < -0.4 is 20.9 Å². The Balaban J connectivity index is 1.80. The van der Waals surface area contributed by atoms with Gasteiger partial charge in [0.05, 0.1) is 17.4 Å². The van der Waals surface area contributed by atoms with E-state index < -0.39 is 13.2 Å². The molecular formula is C18H15BN4O5S. The normalized spacial score (nSPS) is 15.1. The third-order valence-corrected chi connectivity index (χ3v) is 4.94. The molecule has 0 spiro atoms. The molecule has 146 valence electrons. The van der Waals surface area contributed by atoms with Gasteiger partial charge in [0, 0.05) is 5.56 Å². The molecule has 0 saturated heterocycles. The molecule has 29 heavy (non-hydrogen) atoms. The van der Waals surface area contributed by atoms with Crippen molar-refractivity contribution in [1.82, 2.24) is 4.98 Å². The zero-order valence-corrected chi connectivity index (χ0v) is 15.6. The summed E-state index contributed by atoms with van der Waals surface area (Å²) >= 11 is 1.32. The van der Waals surface area contributed by atoms with Crippen molar-refractivity contribution in [3.63, 3.8) is 0 Å². The van der Waals surface area contributed by atoms with E-state index in [0.717, 1.165) is 0 Å². The largest absolute Gasteiger partial charge is 0.511 e. The minimum absolute atomic E-state index is 0.159. The van der Waals surface area contributed by atoms with Crippen molar-refractivity contribution >= 4 is 41.4 Å². The molecule has 3 aromatic rings. The molecule has 1 aliphatic heterocycles. The first kappa shape index (κ1) is 19.0. The molecule has 0 saturated carbocycles. The standard InChI is InChI=1S/C18H15BN4O5S/c20-14-8-23(18(24)25)22-15-5-10(1-3-12(14)15)13-6-11(19(26)27)2-4-16(13)28-17-7-21-9-29-17/h1-9,23,26-27H,20H2,(H,24,25). The van der Waals surface area contributed by atoms with Crippen LogP contribution >= 0.6 is 11.3 Å². The molecule has 1 amide bonds. The highest BCUT2D eigenvalue weighted by Crippen LogP contribution is 2.38. The minimum atomic E-state index is -1.65. The van der Waals surface area contributed by atoms with Crippen molar-refractivity contribution in [2.24, 2.45) is 5.73 Å². The van der Waals surface area contributed by atoms with Crippen molar-refractivity contribution in [3.05, 3.63) is 65.3 Å². The van der Waals surface area contributed by atoms with Crippen LogP contribution in [0.25, 0.3) is 22.2 Å². The van der Waals surface area contributed by atoms with Gasteiger partial charge in [0.15, 0.2) is 0 Å². The summed E-state index contributed by atoms with van der Waals surface area (Å²) in [5.41, 5.74) is 14.6. The highest BCUT2D eigenvalue weighted by atomic mass is 32.1. The third-order valence-electron chi connectivity index (χ3n) is 4.29. The van der Waals surface area contributed by atoms with E-state index in [1.165, 1.54) is 17.5 Å². The van der Waals surface area contributed by atoms with Crippen LogP contribution in [0.4, 0.5) is 10.5 Å². The number of carbonyl (C=O) groups is 1. The molecule has 0 fully saturated rings. The predicted octanol–water partition coefficient (Wildman–Crippen LogP) is 1.04. The number of nitrogens with zero attached hydrogens (tertiary/aromatic N) is 2. The fourth-order valence-corrected chi connectivity index (χ4v) is 3.40. The lowest BCUT2D eigenvalue weighted by Gasteiger charge is -2.31. The van der Waals surface area contributed by atoms with Gasteiger partial charge in [-0.3, -0.25) is 0 Å². The van der Waals surface area contributed by atoms with Gasteiger partial charge in [0.2, 0.25) is 5.06 Å². The van der Waals surface area contributed by atoms with Gasteiger partial charge in [0.25, 0.3) is 0 Å². The summed E-state index contributed by atoms with van der Waals surface area (Å²) in [7, 11) is -1.65. The van der Waals surface area contributed by atoms with E-state index in [9.17, 15) is 19.9 Å². The number of carboxylic acid groups (broad SMARTS) is 1. The molecule has 2 aromatic carbocycles. The van der Waals surface area contributed by atoms with Crippen molar-refractivity contribution in [1.29, 1.82) is 0 Å². The number of hydrogen-bond donors (Lipinski definition) is 5. The number of ether oxygens (including phenoxy) is 1. The first-order chi connectivity index (χ1) is 13.9. The minimum Gasteiger partial charge on any atom is -0.472 e. The van der Waals surface area contributed by atoms with E-state index in [1.54, 1.807) is 48.1 Å². The van der Waals surface area contributed by atoms with Gasteiger partial charge in [-0.15, -0.1) is 0 Å². The number of amides is 1. The van der Waals surface area contributed by atoms with E-state index in [4.69, 9.17) is 10.5 Å². The van der Waals surface area contributed by atoms with E-state index in [1.807, 2.05) is 0 Å². The second-order valence-electron chi connectivity index (χ2n) is 6.19. The summed E-state index contributed by atoms with van der Waals surface area (Å²) in [6, 6.07) is 9.96. The predicted molar refractivity (Wildman–Crippen MR) is 108 cm³/mol. The number of quaternary nitrogens is 1. The quantitative estimate of drug-likeness (QED) is 0.404. The first-order valence-electron chi connectivity index (χ1n) is 8.43. The van der Waals surface area contributed by atoms with Gasteiger partial charge in [0.1, 0.15) is 11.9 Å².